The number of ether oxygens (including phenoxy) is 1. The minimum atomic E-state index is 0.0712. The highest BCUT2D eigenvalue weighted by Gasteiger charge is 2.19. The molecule has 1 saturated heterocycles. The van der Waals surface area contributed by atoms with E-state index in [1.165, 1.54) is 0 Å². The molecule has 2 heterocycles. The summed E-state index contributed by atoms with van der Waals surface area (Å²) in [5.74, 6) is 0.953. The molecule has 17 heavy (non-hydrogen) atoms. The Hall–Kier alpha value is -0.740. The number of aromatic amines is 1. The van der Waals surface area contributed by atoms with Gasteiger partial charge in [-0.2, -0.15) is 0 Å². The van der Waals surface area contributed by atoms with Crippen molar-refractivity contribution in [1.29, 1.82) is 0 Å². The van der Waals surface area contributed by atoms with Gasteiger partial charge in [0.1, 0.15) is 10.5 Å². The lowest BCUT2D eigenvalue weighted by Gasteiger charge is -2.20. The molecule has 94 valence electrons. The van der Waals surface area contributed by atoms with E-state index in [-0.39, 0.29) is 5.41 Å². The van der Waals surface area contributed by atoms with Gasteiger partial charge in [-0.15, -0.1) is 0 Å². The van der Waals surface area contributed by atoms with Crippen LogP contribution in [0.3, 0.4) is 0 Å². The maximum Gasteiger partial charge on any atom is 0.130 e. The molecule has 1 unspecified atom stereocenters. The maximum absolute atomic E-state index is 5.63. The number of H-pyrrole nitrogens is 1. The first-order valence-corrected chi connectivity index (χ1v) is 6.58. The Morgan fingerprint density at radius 3 is 2.88 bits per heavy atom. The van der Waals surface area contributed by atoms with Gasteiger partial charge in [-0.1, -0.05) is 33.0 Å². The van der Waals surface area contributed by atoms with Crippen molar-refractivity contribution in [3.8, 4) is 0 Å². The van der Waals surface area contributed by atoms with E-state index < -0.39 is 0 Å². The van der Waals surface area contributed by atoms with Crippen molar-refractivity contribution < 1.29 is 4.74 Å². The number of nitrogens with zero attached hydrogens (tertiary/aromatic N) is 1. The summed E-state index contributed by atoms with van der Waals surface area (Å²) >= 11 is 5.22. The van der Waals surface area contributed by atoms with Gasteiger partial charge >= 0.3 is 0 Å². The number of nitrogens with one attached hydrogen (secondary N) is 1. The minimum Gasteiger partial charge on any atom is -0.378 e. The van der Waals surface area contributed by atoms with E-state index in [4.69, 9.17) is 17.0 Å². The summed E-state index contributed by atoms with van der Waals surface area (Å²) in [6.07, 6.45) is 3.43. The smallest absolute Gasteiger partial charge is 0.130 e. The zero-order valence-electron chi connectivity index (χ0n) is 10.7. The summed E-state index contributed by atoms with van der Waals surface area (Å²) in [7, 11) is 0. The van der Waals surface area contributed by atoms with Crippen LogP contribution in [0.25, 0.3) is 0 Å². The van der Waals surface area contributed by atoms with Gasteiger partial charge < -0.3 is 9.72 Å². The molecule has 0 aliphatic carbocycles. The predicted octanol–water partition coefficient (Wildman–Crippen LogP) is 3.16. The first kappa shape index (κ1) is 12.7. The van der Waals surface area contributed by atoms with Crippen LogP contribution >= 0.6 is 12.2 Å². The van der Waals surface area contributed by atoms with E-state index in [2.05, 4.69) is 30.7 Å². The Labute approximate surface area is 108 Å². The predicted molar refractivity (Wildman–Crippen MR) is 70.8 cm³/mol. The summed E-state index contributed by atoms with van der Waals surface area (Å²) in [6, 6.07) is 1.95. The van der Waals surface area contributed by atoms with Crippen LogP contribution in [0.15, 0.2) is 6.07 Å². The molecule has 1 aromatic heterocycles. The number of hydrogen-bond acceptors (Lipinski definition) is 3. The quantitative estimate of drug-likeness (QED) is 0.822. The molecule has 1 atom stereocenters. The normalized spacial score (nSPS) is 20.8. The largest absolute Gasteiger partial charge is 0.378 e. The van der Waals surface area contributed by atoms with Gasteiger partial charge in [0.15, 0.2) is 0 Å². The van der Waals surface area contributed by atoms with Gasteiger partial charge in [0, 0.05) is 24.1 Å². The highest BCUT2D eigenvalue weighted by atomic mass is 32.1. The summed E-state index contributed by atoms with van der Waals surface area (Å²) < 4.78 is 6.30. The van der Waals surface area contributed by atoms with Crippen LogP contribution in [0.1, 0.15) is 45.1 Å². The van der Waals surface area contributed by atoms with Crippen molar-refractivity contribution in [1.82, 2.24) is 9.97 Å². The van der Waals surface area contributed by atoms with Crippen LogP contribution in [0.5, 0.6) is 0 Å². The lowest BCUT2D eigenvalue weighted by atomic mass is 9.92. The molecule has 1 aromatic rings. The molecule has 2 rings (SSSR count). The van der Waals surface area contributed by atoms with Gasteiger partial charge in [0.25, 0.3) is 0 Å². The first-order valence-electron chi connectivity index (χ1n) is 6.17. The Balaban J connectivity index is 2.22. The molecule has 0 radical (unpaired) electrons. The maximum atomic E-state index is 5.63. The second kappa shape index (κ2) is 4.86. The average molecular weight is 252 g/mol. The summed E-state index contributed by atoms with van der Waals surface area (Å²) in [5, 5.41) is 0. The van der Waals surface area contributed by atoms with Gasteiger partial charge in [-0.3, -0.25) is 0 Å². The highest BCUT2D eigenvalue weighted by Crippen LogP contribution is 2.21. The molecule has 1 N–H and O–H groups in total. The average Bonchev–Trinajstić information content (AvgIpc) is 2.68. The Morgan fingerprint density at radius 2 is 2.29 bits per heavy atom. The number of rotatable bonds is 2. The van der Waals surface area contributed by atoms with Crippen LogP contribution in [-0.2, 0) is 16.6 Å². The Bertz CT molecular complexity index is 441. The van der Waals surface area contributed by atoms with E-state index in [0.29, 0.717) is 10.7 Å². The van der Waals surface area contributed by atoms with E-state index in [9.17, 15) is 0 Å². The first-order chi connectivity index (χ1) is 7.95. The third kappa shape index (κ3) is 3.36. The van der Waals surface area contributed by atoms with Crippen molar-refractivity contribution in [3.63, 3.8) is 0 Å². The van der Waals surface area contributed by atoms with E-state index in [0.717, 1.165) is 37.4 Å². The standard InChI is InChI=1S/C13H20N2OS/c1-13(2,3)10-8-12(17)15-11(14-10)7-9-5-4-6-16-9/h8-9H,4-7H2,1-3H3,(H,14,15,17). The van der Waals surface area contributed by atoms with E-state index in [1.54, 1.807) is 0 Å². The lowest BCUT2D eigenvalue weighted by Crippen LogP contribution is -2.18. The lowest BCUT2D eigenvalue weighted by molar-refractivity contribution is 0.109. The second-order valence-electron chi connectivity index (χ2n) is 5.67. The van der Waals surface area contributed by atoms with Crippen LogP contribution in [-0.4, -0.2) is 22.7 Å². The molecular formula is C13H20N2OS. The summed E-state index contributed by atoms with van der Waals surface area (Å²) in [5.41, 5.74) is 1.22. The zero-order chi connectivity index (χ0) is 12.5. The number of aromatic nitrogens is 2. The van der Waals surface area contributed by atoms with Crippen LogP contribution in [0, 0.1) is 4.64 Å². The van der Waals surface area contributed by atoms with Crippen molar-refractivity contribution in [3.05, 3.63) is 22.2 Å². The van der Waals surface area contributed by atoms with Gasteiger partial charge in [0.05, 0.1) is 6.10 Å². The van der Waals surface area contributed by atoms with Crippen molar-refractivity contribution in [2.75, 3.05) is 6.61 Å². The Morgan fingerprint density at radius 1 is 1.53 bits per heavy atom. The van der Waals surface area contributed by atoms with Gasteiger partial charge in [0.2, 0.25) is 0 Å². The zero-order valence-corrected chi connectivity index (χ0v) is 11.6. The SMILES string of the molecule is CC(C)(C)c1cc(=S)nc(CC2CCCO2)[nH]1. The van der Waals surface area contributed by atoms with Crippen LogP contribution in [0.2, 0.25) is 0 Å². The fourth-order valence-corrected chi connectivity index (χ4v) is 2.26. The second-order valence-corrected chi connectivity index (χ2v) is 6.09. The van der Waals surface area contributed by atoms with Gasteiger partial charge in [-0.05, 0) is 18.9 Å². The molecule has 0 bridgehead atoms. The Kier molecular flexibility index (Phi) is 3.64. The molecule has 1 aliphatic heterocycles. The number of hydrogen-bond donors (Lipinski definition) is 1. The van der Waals surface area contributed by atoms with E-state index in [1.807, 2.05) is 6.07 Å². The van der Waals surface area contributed by atoms with Gasteiger partial charge in [-0.25, -0.2) is 4.98 Å². The molecule has 1 fully saturated rings. The fraction of sp³-hybridized carbons (Fsp3) is 0.692. The molecule has 1 aliphatic rings. The molecule has 0 saturated carbocycles. The molecule has 3 nitrogen and oxygen atoms in total. The topological polar surface area (TPSA) is 37.9 Å². The molecule has 0 aromatic carbocycles. The summed E-state index contributed by atoms with van der Waals surface area (Å²) in [6.45, 7) is 7.39. The molecule has 0 spiro atoms. The fourth-order valence-electron chi connectivity index (χ4n) is 2.03. The van der Waals surface area contributed by atoms with Crippen molar-refractivity contribution >= 4 is 12.2 Å². The third-order valence-electron chi connectivity index (χ3n) is 3.04. The molecule has 4 heteroatoms. The summed E-state index contributed by atoms with van der Waals surface area (Å²) in [4.78, 5) is 7.78. The molecule has 0 amide bonds. The highest BCUT2D eigenvalue weighted by molar-refractivity contribution is 7.71. The van der Waals surface area contributed by atoms with Crippen molar-refractivity contribution in [2.45, 2.75) is 51.6 Å². The third-order valence-corrected chi connectivity index (χ3v) is 3.25. The minimum absolute atomic E-state index is 0.0712. The van der Waals surface area contributed by atoms with Crippen molar-refractivity contribution in [2.24, 2.45) is 0 Å². The van der Waals surface area contributed by atoms with E-state index >= 15 is 0 Å². The van der Waals surface area contributed by atoms with Crippen LogP contribution in [0.4, 0.5) is 0 Å². The molecular weight excluding hydrogens is 232 g/mol. The van der Waals surface area contributed by atoms with Crippen LogP contribution < -0.4 is 0 Å². The monoisotopic (exact) mass is 252 g/mol.